The average Bonchev–Trinajstić information content (AvgIpc) is 3.05. The Morgan fingerprint density at radius 2 is 1.88 bits per heavy atom. The highest BCUT2D eigenvalue weighted by Crippen LogP contribution is 2.42. The van der Waals surface area contributed by atoms with E-state index in [4.69, 9.17) is 16.3 Å². The number of hydrogen-bond acceptors (Lipinski definition) is 4. The van der Waals surface area contributed by atoms with Crippen molar-refractivity contribution in [2.75, 3.05) is 0 Å². The molecule has 2 atom stereocenters. The zero-order valence-electron chi connectivity index (χ0n) is 13.9. The van der Waals surface area contributed by atoms with Gasteiger partial charge >= 0.3 is 0 Å². The van der Waals surface area contributed by atoms with Gasteiger partial charge in [0.25, 0.3) is 0 Å². The third kappa shape index (κ3) is 2.69. The number of aromatic nitrogens is 3. The Labute approximate surface area is 150 Å². The SMILES string of the molecule is CC1(C)Oc2ccncc2[C@@H](n2cncc2-c2ccc(Cl)cc2)[C@@H]1O. The van der Waals surface area contributed by atoms with Crippen molar-refractivity contribution in [3.8, 4) is 17.0 Å². The molecule has 0 radical (unpaired) electrons. The lowest BCUT2D eigenvalue weighted by atomic mass is 9.87. The van der Waals surface area contributed by atoms with E-state index >= 15 is 0 Å². The standard InChI is InChI=1S/C19H18ClN3O2/c1-19(2)18(24)17(14-9-21-8-7-16(14)25-19)23-11-22-10-15(23)12-3-5-13(20)6-4-12/h3-11,17-18,24H,1-2H3/t17-,18+/m1/s1. The number of rotatable bonds is 2. The van der Waals surface area contributed by atoms with Gasteiger partial charge in [-0.25, -0.2) is 4.98 Å². The Morgan fingerprint density at radius 1 is 1.12 bits per heavy atom. The molecule has 3 aromatic rings. The average molecular weight is 356 g/mol. The Kier molecular flexibility index (Phi) is 3.78. The van der Waals surface area contributed by atoms with Crippen molar-refractivity contribution in [2.24, 2.45) is 0 Å². The van der Waals surface area contributed by atoms with Gasteiger partial charge in [-0.2, -0.15) is 0 Å². The normalized spacial score (nSPS) is 21.4. The zero-order chi connectivity index (χ0) is 17.6. The smallest absolute Gasteiger partial charge is 0.132 e. The molecular weight excluding hydrogens is 338 g/mol. The lowest BCUT2D eigenvalue weighted by Crippen LogP contribution is -2.50. The minimum absolute atomic E-state index is 0.347. The van der Waals surface area contributed by atoms with Gasteiger partial charge in [-0.1, -0.05) is 23.7 Å². The first kappa shape index (κ1) is 16.1. The van der Waals surface area contributed by atoms with Crippen LogP contribution in [0.2, 0.25) is 5.02 Å². The Morgan fingerprint density at radius 3 is 2.64 bits per heavy atom. The molecule has 0 saturated heterocycles. The number of halogens is 1. The first-order valence-corrected chi connectivity index (χ1v) is 8.44. The number of aliphatic hydroxyl groups is 1. The van der Waals surface area contributed by atoms with Crippen molar-refractivity contribution >= 4 is 11.6 Å². The number of benzene rings is 1. The summed E-state index contributed by atoms with van der Waals surface area (Å²) >= 11 is 6.00. The van der Waals surface area contributed by atoms with Crippen LogP contribution in [0.15, 0.2) is 55.2 Å². The fraction of sp³-hybridized carbons (Fsp3) is 0.263. The summed E-state index contributed by atoms with van der Waals surface area (Å²) in [6.07, 6.45) is 6.19. The molecule has 1 aliphatic rings. The number of hydrogen-bond donors (Lipinski definition) is 1. The summed E-state index contributed by atoms with van der Waals surface area (Å²) in [6.45, 7) is 3.76. The van der Waals surface area contributed by atoms with Crippen LogP contribution in [-0.4, -0.2) is 31.3 Å². The van der Waals surface area contributed by atoms with Gasteiger partial charge in [0.1, 0.15) is 17.5 Å². The third-order valence-corrected chi connectivity index (χ3v) is 4.87. The number of fused-ring (bicyclic) bond motifs is 1. The largest absolute Gasteiger partial charge is 0.485 e. The van der Waals surface area contributed by atoms with Gasteiger partial charge in [-0.15, -0.1) is 0 Å². The van der Waals surface area contributed by atoms with Crippen molar-refractivity contribution in [3.63, 3.8) is 0 Å². The van der Waals surface area contributed by atoms with E-state index in [2.05, 4.69) is 9.97 Å². The van der Waals surface area contributed by atoms with Gasteiger partial charge in [0.05, 0.1) is 24.3 Å². The van der Waals surface area contributed by atoms with E-state index < -0.39 is 11.7 Å². The molecule has 1 aliphatic heterocycles. The molecule has 0 bridgehead atoms. The number of nitrogens with zero attached hydrogens (tertiary/aromatic N) is 3. The topological polar surface area (TPSA) is 60.2 Å². The number of aliphatic hydroxyl groups excluding tert-OH is 1. The van der Waals surface area contributed by atoms with Crippen LogP contribution in [0, 0.1) is 0 Å². The number of imidazole rings is 1. The molecule has 0 amide bonds. The molecule has 3 heterocycles. The van der Waals surface area contributed by atoms with Gasteiger partial charge in [-0.05, 0) is 37.6 Å². The van der Waals surface area contributed by atoms with E-state index in [1.165, 1.54) is 0 Å². The number of ether oxygens (including phenoxy) is 1. The van der Waals surface area contributed by atoms with Crippen LogP contribution >= 0.6 is 11.6 Å². The van der Waals surface area contributed by atoms with E-state index in [0.717, 1.165) is 22.6 Å². The molecule has 25 heavy (non-hydrogen) atoms. The van der Waals surface area contributed by atoms with Crippen LogP contribution < -0.4 is 4.74 Å². The molecular formula is C19H18ClN3O2. The Bertz CT molecular complexity index is 905. The molecule has 0 saturated carbocycles. The summed E-state index contributed by atoms with van der Waals surface area (Å²) in [5, 5.41) is 11.7. The predicted octanol–water partition coefficient (Wildman–Crippen LogP) is 3.72. The monoisotopic (exact) mass is 355 g/mol. The van der Waals surface area contributed by atoms with Crippen LogP contribution in [-0.2, 0) is 0 Å². The highest BCUT2D eigenvalue weighted by molar-refractivity contribution is 6.30. The summed E-state index contributed by atoms with van der Waals surface area (Å²) in [6, 6.07) is 9.05. The minimum Gasteiger partial charge on any atom is -0.485 e. The maximum Gasteiger partial charge on any atom is 0.132 e. The highest BCUT2D eigenvalue weighted by Gasteiger charge is 2.44. The maximum absolute atomic E-state index is 11.0. The van der Waals surface area contributed by atoms with Crippen molar-refractivity contribution in [2.45, 2.75) is 31.6 Å². The van der Waals surface area contributed by atoms with Crippen LogP contribution in [0.1, 0.15) is 25.5 Å². The zero-order valence-corrected chi connectivity index (χ0v) is 14.7. The molecule has 0 unspecified atom stereocenters. The van der Waals surface area contributed by atoms with E-state index in [9.17, 15) is 5.11 Å². The summed E-state index contributed by atoms with van der Waals surface area (Å²) in [4.78, 5) is 8.52. The summed E-state index contributed by atoms with van der Waals surface area (Å²) in [5.74, 6) is 0.728. The molecule has 4 rings (SSSR count). The lowest BCUT2D eigenvalue weighted by Gasteiger charge is -2.42. The predicted molar refractivity (Wildman–Crippen MR) is 95.8 cm³/mol. The maximum atomic E-state index is 11.0. The minimum atomic E-state index is -0.760. The Hall–Kier alpha value is -2.37. The highest BCUT2D eigenvalue weighted by atomic mass is 35.5. The Balaban J connectivity index is 1.87. The first-order chi connectivity index (χ1) is 12.0. The molecule has 0 fully saturated rings. The summed E-state index contributed by atoms with van der Waals surface area (Å²) in [5.41, 5.74) is 1.97. The molecule has 1 N–H and O–H groups in total. The van der Waals surface area contributed by atoms with Gasteiger partial charge in [0.15, 0.2) is 0 Å². The summed E-state index contributed by atoms with van der Waals surface area (Å²) < 4.78 is 7.95. The lowest BCUT2D eigenvalue weighted by molar-refractivity contribution is -0.0635. The van der Waals surface area contributed by atoms with Gasteiger partial charge in [0.2, 0.25) is 0 Å². The quantitative estimate of drug-likeness (QED) is 0.761. The van der Waals surface area contributed by atoms with Crippen LogP contribution in [0.4, 0.5) is 0 Å². The summed E-state index contributed by atoms with van der Waals surface area (Å²) in [7, 11) is 0. The van der Waals surface area contributed by atoms with Crippen LogP contribution in [0.5, 0.6) is 5.75 Å². The second kappa shape index (κ2) is 5.86. The van der Waals surface area contributed by atoms with Crippen molar-refractivity contribution in [1.82, 2.24) is 14.5 Å². The molecule has 5 nitrogen and oxygen atoms in total. The molecule has 0 spiro atoms. The van der Waals surface area contributed by atoms with Crippen LogP contribution in [0.25, 0.3) is 11.3 Å². The van der Waals surface area contributed by atoms with Gasteiger partial charge < -0.3 is 14.4 Å². The third-order valence-electron chi connectivity index (χ3n) is 4.62. The fourth-order valence-corrected chi connectivity index (χ4v) is 3.40. The molecule has 2 aromatic heterocycles. The fourth-order valence-electron chi connectivity index (χ4n) is 3.28. The van der Waals surface area contributed by atoms with Crippen LogP contribution in [0.3, 0.4) is 0 Å². The second-order valence-corrected chi connectivity index (χ2v) is 7.14. The van der Waals surface area contributed by atoms with Crippen molar-refractivity contribution in [3.05, 3.63) is 65.8 Å². The van der Waals surface area contributed by atoms with Crippen molar-refractivity contribution < 1.29 is 9.84 Å². The molecule has 6 heteroatoms. The van der Waals surface area contributed by atoms with Crippen molar-refractivity contribution in [1.29, 1.82) is 0 Å². The molecule has 0 aliphatic carbocycles. The van der Waals surface area contributed by atoms with E-state index in [1.807, 2.05) is 48.7 Å². The van der Waals surface area contributed by atoms with Gasteiger partial charge in [-0.3, -0.25) is 4.98 Å². The number of pyridine rings is 1. The van der Waals surface area contributed by atoms with E-state index in [-0.39, 0.29) is 6.04 Å². The van der Waals surface area contributed by atoms with E-state index in [0.29, 0.717) is 5.02 Å². The second-order valence-electron chi connectivity index (χ2n) is 6.70. The van der Waals surface area contributed by atoms with E-state index in [1.54, 1.807) is 24.9 Å². The molecule has 1 aromatic carbocycles. The van der Waals surface area contributed by atoms with Gasteiger partial charge in [0, 0.05) is 23.0 Å². The molecule has 128 valence electrons. The first-order valence-electron chi connectivity index (χ1n) is 8.06.